The summed E-state index contributed by atoms with van der Waals surface area (Å²) < 4.78 is 5.83. The van der Waals surface area contributed by atoms with Gasteiger partial charge >= 0.3 is 0 Å². The molecule has 0 heterocycles. The van der Waals surface area contributed by atoms with E-state index < -0.39 is 0 Å². The van der Waals surface area contributed by atoms with Crippen molar-refractivity contribution in [1.82, 2.24) is 4.90 Å². The Morgan fingerprint density at radius 3 is 2.27 bits per heavy atom. The van der Waals surface area contributed by atoms with Crippen LogP contribution >= 0.6 is 0 Å². The van der Waals surface area contributed by atoms with Crippen molar-refractivity contribution in [3.8, 4) is 5.75 Å². The SMILES string of the molecule is CCN(C)C(C)Cc1ccc(OCCc2ccccc2)cc1. The molecule has 0 aliphatic carbocycles. The van der Waals surface area contributed by atoms with Crippen molar-refractivity contribution in [2.24, 2.45) is 0 Å². The fraction of sp³-hybridized carbons (Fsp3) is 0.400. The van der Waals surface area contributed by atoms with Crippen LogP contribution in [-0.2, 0) is 12.8 Å². The zero-order valence-corrected chi connectivity index (χ0v) is 14.0. The maximum atomic E-state index is 5.83. The predicted molar refractivity (Wildman–Crippen MR) is 93.6 cm³/mol. The zero-order chi connectivity index (χ0) is 15.8. The molecule has 1 unspecified atom stereocenters. The summed E-state index contributed by atoms with van der Waals surface area (Å²) in [4.78, 5) is 2.37. The second kappa shape index (κ2) is 8.60. The maximum Gasteiger partial charge on any atom is 0.119 e. The van der Waals surface area contributed by atoms with Crippen LogP contribution in [0.5, 0.6) is 5.75 Å². The van der Waals surface area contributed by atoms with Crippen LogP contribution in [0.25, 0.3) is 0 Å². The molecule has 22 heavy (non-hydrogen) atoms. The van der Waals surface area contributed by atoms with Crippen LogP contribution in [0.4, 0.5) is 0 Å². The number of rotatable bonds is 8. The van der Waals surface area contributed by atoms with E-state index in [1.54, 1.807) is 0 Å². The van der Waals surface area contributed by atoms with E-state index in [4.69, 9.17) is 4.74 Å². The van der Waals surface area contributed by atoms with Gasteiger partial charge in [-0.3, -0.25) is 0 Å². The van der Waals surface area contributed by atoms with Gasteiger partial charge in [0.05, 0.1) is 6.61 Å². The van der Waals surface area contributed by atoms with Gasteiger partial charge in [-0.25, -0.2) is 0 Å². The van der Waals surface area contributed by atoms with E-state index in [1.807, 2.05) is 6.07 Å². The van der Waals surface area contributed by atoms with Crippen molar-refractivity contribution in [1.29, 1.82) is 0 Å². The van der Waals surface area contributed by atoms with Crippen molar-refractivity contribution in [2.45, 2.75) is 32.7 Å². The van der Waals surface area contributed by atoms with E-state index in [0.29, 0.717) is 6.04 Å². The molecule has 118 valence electrons. The molecule has 0 N–H and O–H groups in total. The monoisotopic (exact) mass is 297 g/mol. The average Bonchev–Trinajstić information content (AvgIpc) is 2.56. The van der Waals surface area contributed by atoms with Crippen LogP contribution < -0.4 is 4.74 Å². The van der Waals surface area contributed by atoms with Gasteiger partial charge in [0.15, 0.2) is 0 Å². The molecule has 0 amide bonds. The standard InChI is InChI=1S/C20H27NO/c1-4-21(3)17(2)16-19-10-12-20(13-11-19)22-15-14-18-8-6-5-7-9-18/h5-13,17H,4,14-16H2,1-3H3. The Kier molecular flexibility index (Phi) is 6.47. The second-order valence-electron chi connectivity index (χ2n) is 5.85. The van der Waals surface area contributed by atoms with Gasteiger partial charge in [-0.1, -0.05) is 49.4 Å². The van der Waals surface area contributed by atoms with Crippen molar-refractivity contribution in [3.05, 3.63) is 65.7 Å². The molecule has 0 fully saturated rings. The minimum absolute atomic E-state index is 0.565. The maximum absolute atomic E-state index is 5.83. The van der Waals surface area contributed by atoms with Crippen LogP contribution in [0, 0.1) is 0 Å². The van der Waals surface area contributed by atoms with Crippen LogP contribution in [-0.4, -0.2) is 31.1 Å². The fourth-order valence-corrected chi connectivity index (χ4v) is 2.46. The number of benzene rings is 2. The highest BCUT2D eigenvalue weighted by molar-refractivity contribution is 5.28. The molecular weight excluding hydrogens is 270 g/mol. The van der Waals surface area contributed by atoms with Crippen molar-refractivity contribution in [2.75, 3.05) is 20.2 Å². The van der Waals surface area contributed by atoms with E-state index in [0.717, 1.165) is 31.7 Å². The van der Waals surface area contributed by atoms with Gasteiger partial charge in [-0.15, -0.1) is 0 Å². The predicted octanol–water partition coefficient (Wildman–Crippen LogP) is 4.19. The van der Waals surface area contributed by atoms with Crippen molar-refractivity contribution >= 4 is 0 Å². The quantitative estimate of drug-likeness (QED) is 0.724. The van der Waals surface area contributed by atoms with Crippen LogP contribution in [0.15, 0.2) is 54.6 Å². The van der Waals surface area contributed by atoms with Gasteiger partial charge in [-0.05, 0) is 50.2 Å². The van der Waals surface area contributed by atoms with Crippen LogP contribution in [0.1, 0.15) is 25.0 Å². The molecule has 2 aromatic carbocycles. The Morgan fingerprint density at radius 2 is 1.64 bits per heavy atom. The first kappa shape index (κ1) is 16.6. The van der Waals surface area contributed by atoms with E-state index in [9.17, 15) is 0 Å². The molecule has 0 bridgehead atoms. The Balaban J connectivity index is 1.79. The molecular formula is C20H27NO. The third-order valence-corrected chi connectivity index (χ3v) is 4.21. The largest absolute Gasteiger partial charge is 0.493 e. The number of hydrogen-bond acceptors (Lipinski definition) is 2. The average molecular weight is 297 g/mol. The van der Waals surface area contributed by atoms with Crippen molar-refractivity contribution < 1.29 is 4.74 Å². The summed E-state index contributed by atoms with van der Waals surface area (Å²) in [5.41, 5.74) is 2.68. The molecule has 0 aliphatic rings. The fourth-order valence-electron chi connectivity index (χ4n) is 2.46. The summed E-state index contributed by atoms with van der Waals surface area (Å²) >= 11 is 0. The third-order valence-electron chi connectivity index (χ3n) is 4.21. The van der Waals surface area contributed by atoms with E-state index in [-0.39, 0.29) is 0 Å². The molecule has 2 heteroatoms. The number of ether oxygens (including phenoxy) is 1. The van der Waals surface area contributed by atoms with E-state index in [2.05, 4.69) is 74.3 Å². The number of hydrogen-bond donors (Lipinski definition) is 0. The Morgan fingerprint density at radius 1 is 0.955 bits per heavy atom. The Labute approximate surface area is 134 Å². The lowest BCUT2D eigenvalue weighted by atomic mass is 10.1. The Bertz CT molecular complexity index is 535. The van der Waals surface area contributed by atoms with Gasteiger partial charge < -0.3 is 9.64 Å². The molecule has 1 atom stereocenters. The second-order valence-corrected chi connectivity index (χ2v) is 5.85. The van der Waals surface area contributed by atoms with Gasteiger partial charge in [0.2, 0.25) is 0 Å². The molecule has 0 radical (unpaired) electrons. The van der Waals surface area contributed by atoms with Gasteiger partial charge in [0.25, 0.3) is 0 Å². The molecule has 2 rings (SSSR count). The smallest absolute Gasteiger partial charge is 0.119 e. The summed E-state index contributed by atoms with van der Waals surface area (Å²) in [7, 11) is 2.17. The number of nitrogens with zero attached hydrogens (tertiary/aromatic N) is 1. The highest BCUT2D eigenvalue weighted by atomic mass is 16.5. The highest BCUT2D eigenvalue weighted by Crippen LogP contribution is 2.15. The lowest BCUT2D eigenvalue weighted by molar-refractivity contribution is 0.269. The van der Waals surface area contributed by atoms with E-state index >= 15 is 0 Å². The lowest BCUT2D eigenvalue weighted by Crippen LogP contribution is -2.30. The molecule has 2 aromatic rings. The van der Waals surface area contributed by atoms with Crippen LogP contribution in [0.2, 0.25) is 0 Å². The molecule has 0 aromatic heterocycles. The van der Waals surface area contributed by atoms with Gasteiger partial charge in [0, 0.05) is 12.5 Å². The first-order valence-electron chi connectivity index (χ1n) is 8.15. The molecule has 0 spiro atoms. The zero-order valence-electron chi connectivity index (χ0n) is 14.0. The van der Waals surface area contributed by atoms with Crippen LogP contribution in [0.3, 0.4) is 0 Å². The van der Waals surface area contributed by atoms with Gasteiger partial charge in [0.1, 0.15) is 5.75 Å². The topological polar surface area (TPSA) is 12.5 Å². The first-order chi connectivity index (χ1) is 10.7. The summed E-state index contributed by atoms with van der Waals surface area (Å²) in [5.74, 6) is 0.955. The van der Waals surface area contributed by atoms with E-state index in [1.165, 1.54) is 11.1 Å². The molecule has 0 saturated carbocycles. The third kappa shape index (κ3) is 5.19. The first-order valence-corrected chi connectivity index (χ1v) is 8.15. The van der Waals surface area contributed by atoms with Crippen molar-refractivity contribution in [3.63, 3.8) is 0 Å². The highest BCUT2D eigenvalue weighted by Gasteiger charge is 2.08. The number of likely N-dealkylation sites (N-methyl/N-ethyl adjacent to an activating group) is 1. The molecule has 0 saturated heterocycles. The molecule has 2 nitrogen and oxygen atoms in total. The summed E-state index contributed by atoms with van der Waals surface area (Å²) in [5, 5.41) is 0. The normalized spacial score (nSPS) is 12.4. The summed E-state index contributed by atoms with van der Waals surface area (Å²) in [6.45, 7) is 6.27. The summed E-state index contributed by atoms with van der Waals surface area (Å²) in [6, 6.07) is 19.5. The lowest BCUT2D eigenvalue weighted by Gasteiger charge is -2.23. The summed E-state index contributed by atoms with van der Waals surface area (Å²) in [6.07, 6.45) is 2.02. The Hall–Kier alpha value is -1.80. The minimum atomic E-state index is 0.565. The minimum Gasteiger partial charge on any atom is -0.493 e. The van der Waals surface area contributed by atoms with Gasteiger partial charge in [-0.2, -0.15) is 0 Å². The molecule has 0 aliphatic heterocycles.